The molecule has 0 aliphatic carbocycles. The summed E-state index contributed by atoms with van der Waals surface area (Å²) < 4.78 is 4.59. The van der Waals surface area contributed by atoms with Gasteiger partial charge in [0.15, 0.2) is 0 Å². The van der Waals surface area contributed by atoms with E-state index in [1.54, 1.807) is 6.20 Å². The number of esters is 1. The van der Waals surface area contributed by atoms with Crippen molar-refractivity contribution in [1.82, 2.24) is 9.97 Å². The van der Waals surface area contributed by atoms with Crippen molar-refractivity contribution < 1.29 is 9.53 Å². The molecule has 0 saturated heterocycles. The Labute approximate surface area is 83.5 Å². The molecule has 14 heavy (non-hydrogen) atoms. The molecule has 2 aromatic rings. The Kier molecular flexibility index (Phi) is 2.05. The Morgan fingerprint density at radius 3 is 3.07 bits per heavy atom. The molecule has 0 amide bonds. The van der Waals surface area contributed by atoms with Crippen molar-refractivity contribution >= 4 is 33.2 Å². The second-order valence-corrected chi connectivity index (χ2v) is 3.58. The van der Waals surface area contributed by atoms with Gasteiger partial charge in [0, 0.05) is 6.20 Å². The van der Waals surface area contributed by atoms with Crippen molar-refractivity contribution in [2.24, 2.45) is 0 Å². The quantitative estimate of drug-likeness (QED) is 0.710. The summed E-state index contributed by atoms with van der Waals surface area (Å²) in [7, 11) is 1.32. The molecule has 6 heteroatoms. The molecule has 2 heterocycles. The summed E-state index contributed by atoms with van der Waals surface area (Å²) in [5.41, 5.74) is 6.13. The van der Waals surface area contributed by atoms with Crippen molar-refractivity contribution in [1.29, 1.82) is 0 Å². The van der Waals surface area contributed by atoms with Crippen LogP contribution in [0, 0.1) is 0 Å². The van der Waals surface area contributed by atoms with Crippen LogP contribution in [0.1, 0.15) is 9.67 Å². The topological polar surface area (TPSA) is 78.1 Å². The number of nitrogens with two attached hydrogens (primary N) is 1. The third kappa shape index (κ3) is 1.20. The van der Waals surface area contributed by atoms with Crippen molar-refractivity contribution in [2.75, 3.05) is 12.8 Å². The zero-order valence-corrected chi connectivity index (χ0v) is 8.17. The molecule has 2 rings (SSSR count). The van der Waals surface area contributed by atoms with Gasteiger partial charge in [-0.25, -0.2) is 14.8 Å². The van der Waals surface area contributed by atoms with Crippen LogP contribution in [0.25, 0.3) is 10.2 Å². The fraction of sp³-hybridized carbons (Fsp3) is 0.125. The van der Waals surface area contributed by atoms with Gasteiger partial charge >= 0.3 is 5.97 Å². The highest BCUT2D eigenvalue weighted by Crippen LogP contribution is 2.31. The normalized spacial score (nSPS) is 10.4. The van der Waals surface area contributed by atoms with Gasteiger partial charge in [0.2, 0.25) is 0 Å². The molecule has 0 aliphatic rings. The van der Waals surface area contributed by atoms with Crippen molar-refractivity contribution in [3.63, 3.8) is 0 Å². The summed E-state index contributed by atoms with van der Waals surface area (Å²) in [4.78, 5) is 20.2. The minimum atomic E-state index is -0.439. The highest BCUT2D eigenvalue weighted by Gasteiger charge is 2.17. The molecular formula is C8H7N3O2S. The number of aromatic nitrogens is 2. The van der Waals surface area contributed by atoms with Gasteiger partial charge in [-0.3, -0.25) is 0 Å². The maximum atomic E-state index is 11.3. The summed E-state index contributed by atoms with van der Waals surface area (Å²) in [5, 5.41) is 0.693. The average Bonchev–Trinajstić information content (AvgIpc) is 2.56. The molecule has 0 radical (unpaired) electrons. The maximum absolute atomic E-state index is 11.3. The van der Waals surface area contributed by atoms with Crippen molar-refractivity contribution in [2.45, 2.75) is 0 Å². The molecule has 0 unspecified atom stereocenters. The number of methoxy groups -OCH3 is 1. The third-order valence-electron chi connectivity index (χ3n) is 1.78. The number of ether oxygens (including phenoxy) is 1. The molecule has 5 nitrogen and oxygen atoms in total. The molecule has 0 atom stereocenters. The van der Waals surface area contributed by atoms with E-state index in [0.717, 1.165) is 0 Å². The van der Waals surface area contributed by atoms with E-state index in [1.165, 1.54) is 24.8 Å². The van der Waals surface area contributed by atoms with Crippen molar-refractivity contribution in [3.05, 3.63) is 17.4 Å². The van der Waals surface area contributed by atoms with E-state index in [-0.39, 0.29) is 0 Å². The minimum Gasteiger partial charge on any atom is -0.465 e. The molecule has 0 fully saturated rings. The monoisotopic (exact) mass is 209 g/mol. The molecule has 0 spiro atoms. The van der Waals surface area contributed by atoms with E-state index in [9.17, 15) is 4.79 Å². The lowest BCUT2D eigenvalue weighted by Gasteiger charge is -1.95. The van der Waals surface area contributed by atoms with Gasteiger partial charge in [0.25, 0.3) is 0 Å². The fourth-order valence-corrected chi connectivity index (χ4v) is 2.06. The number of rotatable bonds is 1. The molecule has 0 aliphatic heterocycles. The third-order valence-corrected chi connectivity index (χ3v) is 2.89. The van der Waals surface area contributed by atoms with Gasteiger partial charge in [0.05, 0.1) is 18.2 Å². The van der Waals surface area contributed by atoms with Crippen molar-refractivity contribution in [3.8, 4) is 0 Å². The average molecular weight is 209 g/mol. The van der Waals surface area contributed by atoms with E-state index in [4.69, 9.17) is 5.73 Å². The Morgan fingerprint density at radius 1 is 1.64 bits per heavy atom. The largest absolute Gasteiger partial charge is 0.465 e. The van der Waals surface area contributed by atoms with Crippen LogP contribution in [0.15, 0.2) is 12.5 Å². The van der Waals surface area contributed by atoms with E-state index in [1.807, 2.05) is 0 Å². The lowest BCUT2D eigenvalue weighted by atomic mass is 10.3. The smallest absolute Gasteiger partial charge is 0.350 e. The first-order valence-electron chi connectivity index (χ1n) is 3.80. The number of carbonyl (C=O) groups excluding carboxylic acids is 1. The maximum Gasteiger partial charge on any atom is 0.350 e. The summed E-state index contributed by atoms with van der Waals surface area (Å²) in [6.45, 7) is 0. The van der Waals surface area contributed by atoms with Gasteiger partial charge in [-0.1, -0.05) is 0 Å². The van der Waals surface area contributed by atoms with Crippen LogP contribution < -0.4 is 5.73 Å². The molecule has 2 N–H and O–H groups in total. The van der Waals surface area contributed by atoms with Gasteiger partial charge in [-0.15, -0.1) is 11.3 Å². The van der Waals surface area contributed by atoms with Gasteiger partial charge in [0.1, 0.15) is 16.0 Å². The first kappa shape index (κ1) is 8.89. The molecule has 2 aromatic heterocycles. The molecular weight excluding hydrogens is 202 g/mol. The summed E-state index contributed by atoms with van der Waals surface area (Å²) in [6.07, 6.45) is 3.00. The van der Waals surface area contributed by atoms with Crippen LogP contribution in [0.2, 0.25) is 0 Å². The van der Waals surface area contributed by atoms with Crippen LogP contribution in [0.4, 0.5) is 5.69 Å². The minimum absolute atomic E-state index is 0.378. The zero-order valence-electron chi connectivity index (χ0n) is 7.35. The molecule has 0 saturated carbocycles. The Bertz CT molecular complexity index is 494. The number of nitrogen functional groups attached to an aromatic ring is 1. The highest BCUT2D eigenvalue weighted by atomic mass is 32.1. The number of hydrogen-bond acceptors (Lipinski definition) is 6. The van der Waals surface area contributed by atoms with Gasteiger partial charge < -0.3 is 10.5 Å². The van der Waals surface area contributed by atoms with Crippen LogP contribution >= 0.6 is 11.3 Å². The summed E-state index contributed by atoms with van der Waals surface area (Å²) in [6, 6.07) is 0. The zero-order chi connectivity index (χ0) is 10.1. The van der Waals surface area contributed by atoms with E-state index >= 15 is 0 Å². The van der Waals surface area contributed by atoms with Gasteiger partial charge in [-0.2, -0.15) is 0 Å². The van der Waals surface area contributed by atoms with Crippen LogP contribution in [-0.2, 0) is 4.74 Å². The fourth-order valence-electron chi connectivity index (χ4n) is 1.10. The lowest BCUT2D eigenvalue weighted by molar-refractivity contribution is 0.0607. The number of fused-ring (bicyclic) bond motifs is 1. The first-order chi connectivity index (χ1) is 6.74. The second kappa shape index (κ2) is 3.22. The number of hydrogen-bond donors (Lipinski definition) is 1. The molecule has 72 valence electrons. The highest BCUT2D eigenvalue weighted by molar-refractivity contribution is 7.21. The summed E-state index contributed by atoms with van der Waals surface area (Å²) in [5.74, 6) is -0.439. The standard InChI is InChI=1S/C8H7N3O2S/c1-13-8(12)6-5(9)4-2-10-3-11-7(4)14-6/h2-3H,9H2,1H3. The molecule has 0 aromatic carbocycles. The predicted molar refractivity (Wildman–Crippen MR) is 53.2 cm³/mol. The number of nitrogens with zero attached hydrogens (tertiary/aromatic N) is 2. The van der Waals surface area contributed by atoms with E-state index in [2.05, 4.69) is 14.7 Å². The Balaban J connectivity index is 2.68. The van der Waals surface area contributed by atoms with Crippen LogP contribution in [0.3, 0.4) is 0 Å². The number of thiophene rings is 1. The predicted octanol–water partition coefficient (Wildman–Crippen LogP) is 1.06. The number of carbonyl (C=O) groups is 1. The second-order valence-electron chi connectivity index (χ2n) is 2.58. The molecule has 0 bridgehead atoms. The Morgan fingerprint density at radius 2 is 2.43 bits per heavy atom. The van der Waals surface area contributed by atoms with E-state index < -0.39 is 5.97 Å². The lowest BCUT2D eigenvalue weighted by Crippen LogP contribution is -2.01. The van der Waals surface area contributed by atoms with Crippen LogP contribution in [0.5, 0.6) is 0 Å². The number of anilines is 1. The SMILES string of the molecule is COC(=O)c1sc2ncncc2c1N. The van der Waals surface area contributed by atoms with Gasteiger partial charge in [-0.05, 0) is 0 Å². The van der Waals surface area contributed by atoms with E-state index in [0.29, 0.717) is 20.8 Å². The van der Waals surface area contributed by atoms with Crippen LogP contribution in [-0.4, -0.2) is 23.0 Å². The first-order valence-corrected chi connectivity index (χ1v) is 4.62. The Hall–Kier alpha value is -1.69. The summed E-state index contributed by atoms with van der Waals surface area (Å²) >= 11 is 1.21.